The summed E-state index contributed by atoms with van der Waals surface area (Å²) in [5.41, 5.74) is 2.07. The average Bonchev–Trinajstić information content (AvgIpc) is 3.37. The maximum Gasteiger partial charge on any atom is 0.259 e. The lowest BCUT2D eigenvalue weighted by Crippen LogP contribution is -2.38. The number of rotatable bonds is 6. The van der Waals surface area contributed by atoms with Crippen molar-refractivity contribution >= 4 is 17.0 Å². The number of carbonyl (C=O) groups is 1. The van der Waals surface area contributed by atoms with E-state index in [-0.39, 0.29) is 5.91 Å². The van der Waals surface area contributed by atoms with E-state index in [9.17, 15) is 4.79 Å². The monoisotopic (exact) mass is 382 g/mol. The fourth-order valence-corrected chi connectivity index (χ4v) is 3.83. The molecule has 0 aliphatic carbocycles. The van der Waals surface area contributed by atoms with Gasteiger partial charge in [-0.3, -0.25) is 4.79 Å². The number of amides is 1. The Morgan fingerprint density at radius 3 is 2.89 bits per heavy atom. The van der Waals surface area contributed by atoms with E-state index in [1.54, 1.807) is 24.5 Å². The van der Waals surface area contributed by atoms with Gasteiger partial charge in [0.2, 0.25) is 0 Å². The Kier molecular flexibility index (Phi) is 5.43. The summed E-state index contributed by atoms with van der Waals surface area (Å²) in [5, 5.41) is 7.71. The minimum absolute atomic E-state index is 0.142. The molecule has 1 saturated heterocycles. The summed E-state index contributed by atoms with van der Waals surface area (Å²) < 4.78 is 10.7. The largest absolute Gasteiger partial charge is 0.463 e. The van der Waals surface area contributed by atoms with Crippen LogP contribution in [0.3, 0.4) is 0 Å². The van der Waals surface area contributed by atoms with E-state index in [2.05, 4.69) is 27.3 Å². The number of hydrogen-bond donors (Lipinski definition) is 1. The molecule has 148 valence electrons. The first-order valence-electron chi connectivity index (χ1n) is 9.93. The molecule has 0 spiro atoms. The molecule has 0 radical (unpaired) electrons. The van der Waals surface area contributed by atoms with Crippen molar-refractivity contribution in [2.75, 3.05) is 26.2 Å². The van der Waals surface area contributed by atoms with Crippen LogP contribution in [-0.4, -0.2) is 47.1 Å². The number of aryl methyl sites for hydroxylation is 1. The first-order valence-corrected chi connectivity index (χ1v) is 9.93. The van der Waals surface area contributed by atoms with E-state index in [0.29, 0.717) is 46.3 Å². The topological polar surface area (TPSA) is 84.4 Å². The van der Waals surface area contributed by atoms with Gasteiger partial charge < -0.3 is 19.2 Å². The summed E-state index contributed by atoms with van der Waals surface area (Å²) in [6, 6.07) is 5.34. The molecule has 28 heavy (non-hydrogen) atoms. The van der Waals surface area contributed by atoms with Crippen LogP contribution in [0.2, 0.25) is 0 Å². The highest BCUT2D eigenvalue weighted by Crippen LogP contribution is 2.27. The van der Waals surface area contributed by atoms with Crippen LogP contribution in [0.5, 0.6) is 0 Å². The van der Waals surface area contributed by atoms with Crippen molar-refractivity contribution in [1.29, 1.82) is 0 Å². The van der Waals surface area contributed by atoms with Gasteiger partial charge in [-0.25, -0.2) is 4.98 Å². The zero-order valence-corrected chi connectivity index (χ0v) is 16.4. The van der Waals surface area contributed by atoms with Crippen molar-refractivity contribution in [1.82, 2.24) is 20.4 Å². The molecule has 3 aromatic rings. The van der Waals surface area contributed by atoms with Crippen LogP contribution in [0.1, 0.15) is 42.2 Å². The summed E-state index contributed by atoms with van der Waals surface area (Å²) in [6.07, 6.45) is 5.46. The van der Waals surface area contributed by atoms with Gasteiger partial charge in [0, 0.05) is 13.1 Å². The fourth-order valence-electron chi connectivity index (χ4n) is 3.83. The number of nitrogens with one attached hydrogen (secondary N) is 1. The quantitative estimate of drug-likeness (QED) is 0.701. The zero-order chi connectivity index (χ0) is 19.5. The molecule has 1 unspecified atom stereocenters. The second-order valence-electron chi connectivity index (χ2n) is 7.66. The highest BCUT2D eigenvalue weighted by Gasteiger charge is 2.21. The Morgan fingerprint density at radius 2 is 2.14 bits per heavy atom. The minimum Gasteiger partial charge on any atom is -0.463 e. The molecule has 7 heteroatoms. The fraction of sp³-hybridized carbons (Fsp3) is 0.476. The van der Waals surface area contributed by atoms with Gasteiger partial charge in [0.1, 0.15) is 5.69 Å². The van der Waals surface area contributed by atoms with E-state index in [4.69, 9.17) is 8.94 Å². The van der Waals surface area contributed by atoms with Gasteiger partial charge in [-0.2, -0.15) is 0 Å². The number of furan rings is 1. The number of pyridine rings is 1. The molecule has 0 saturated carbocycles. The van der Waals surface area contributed by atoms with Gasteiger partial charge in [0.25, 0.3) is 11.6 Å². The van der Waals surface area contributed by atoms with Gasteiger partial charge in [-0.05, 0) is 57.0 Å². The predicted octanol–water partition coefficient (Wildman–Crippen LogP) is 3.64. The van der Waals surface area contributed by atoms with Crippen molar-refractivity contribution in [2.24, 2.45) is 5.92 Å². The van der Waals surface area contributed by atoms with Crippen molar-refractivity contribution < 1.29 is 13.7 Å². The summed E-state index contributed by atoms with van der Waals surface area (Å²) in [6.45, 7) is 7.95. The second-order valence-corrected chi connectivity index (χ2v) is 7.66. The molecular formula is C21H26N4O3. The molecule has 1 aliphatic heterocycles. The Bertz CT molecular complexity index is 942. The molecule has 1 N–H and O–H groups in total. The lowest BCUT2D eigenvalue weighted by atomic mass is 10.1. The third-order valence-corrected chi connectivity index (χ3v) is 5.26. The second kappa shape index (κ2) is 8.14. The lowest BCUT2D eigenvalue weighted by Gasteiger charge is -2.29. The van der Waals surface area contributed by atoms with Crippen LogP contribution in [0, 0.1) is 12.8 Å². The third-order valence-electron chi connectivity index (χ3n) is 5.26. The highest BCUT2D eigenvalue weighted by atomic mass is 16.5. The third kappa shape index (κ3) is 3.94. The van der Waals surface area contributed by atoms with Crippen molar-refractivity contribution in [3.8, 4) is 11.5 Å². The average molecular weight is 382 g/mol. The van der Waals surface area contributed by atoms with Gasteiger partial charge in [0.05, 0.1) is 22.9 Å². The molecule has 0 aromatic carbocycles. The molecule has 3 aromatic heterocycles. The molecule has 1 fully saturated rings. The molecule has 1 aliphatic rings. The Morgan fingerprint density at radius 1 is 1.32 bits per heavy atom. The summed E-state index contributed by atoms with van der Waals surface area (Å²) in [5.74, 6) is 0.827. The highest BCUT2D eigenvalue weighted by molar-refractivity contribution is 6.06. The van der Waals surface area contributed by atoms with Crippen molar-refractivity contribution in [3.63, 3.8) is 0 Å². The number of likely N-dealkylation sites (tertiary alicyclic amines) is 1. The first-order chi connectivity index (χ1) is 13.6. The van der Waals surface area contributed by atoms with Crippen LogP contribution in [-0.2, 0) is 0 Å². The summed E-state index contributed by atoms with van der Waals surface area (Å²) in [7, 11) is 0. The predicted molar refractivity (Wildman–Crippen MR) is 106 cm³/mol. The van der Waals surface area contributed by atoms with E-state index in [1.807, 2.05) is 6.92 Å². The maximum absolute atomic E-state index is 13.0. The summed E-state index contributed by atoms with van der Waals surface area (Å²) >= 11 is 0. The Labute approximate surface area is 164 Å². The normalized spacial score (nSPS) is 16.4. The van der Waals surface area contributed by atoms with Crippen LogP contribution in [0.25, 0.3) is 22.6 Å². The Hall–Kier alpha value is -2.67. The molecular weight excluding hydrogens is 356 g/mol. The number of fused-ring (bicyclic) bond motifs is 1. The van der Waals surface area contributed by atoms with Crippen LogP contribution < -0.4 is 5.32 Å². The molecule has 7 nitrogen and oxygen atoms in total. The van der Waals surface area contributed by atoms with Crippen LogP contribution in [0.15, 0.2) is 33.4 Å². The molecule has 4 rings (SSSR count). The SMILES string of the molecule is Cc1noc2nc(-c3ccco3)cc(C(=O)NCC(C)CN3CCCCC3)c12. The standard InChI is InChI=1S/C21H26N4O3/c1-14(13-25-8-4-3-5-9-25)12-22-20(26)16-11-17(18-7-6-10-27-18)23-21-19(16)15(2)24-28-21/h6-7,10-11,14H,3-5,8-9,12-13H2,1-2H3,(H,22,26). The maximum atomic E-state index is 13.0. The Balaban J connectivity index is 1.50. The van der Waals surface area contributed by atoms with E-state index in [0.717, 1.165) is 19.6 Å². The first kappa shape index (κ1) is 18.7. The number of piperidine rings is 1. The molecule has 0 bridgehead atoms. The van der Waals surface area contributed by atoms with E-state index < -0.39 is 0 Å². The van der Waals surface area contributed by atoms with Gasteiger partial charge >= 0.3 is 0 Å². The van der Waals surface area contributed by atoms with Crippen LogP contribution >= 0.6 is 0 Å². The van der Waals surface area contributed by atoms with E-state index in [1.165, 1.54) is 19.3 Å². The van der Waals surface area contributed by atoms with Gasteiger partial charge in [-0.15, -0.1) is 0 Å². The van der Waals surface area contributed by atoms with Gasteiger partial charge in [0.15, 0.2) is 5.76 Å². The van der Waals surface area contributed by atoms with Crippen LogP contribution in [0.4, 0.5) is 0 Å². The smallest absolute Gasteiger partial charge is 0.259 e. The molecule has 1 atom stereocenters. The number of aromatic nitrogens is 2. The summed E-state index contributed by atoms with van der Waals surface area (Å²) in [4.78, 5) is 19.9. The van der Waals surface area contributed by atoms with Crippen molar-refractivity contribution in [3.05, 3.63) is 35.7 Å². The van der Waals surface area contributed by atoms with E-state index >= 15 is 0 Å². The van der Waals surface area contributed by atoms with Crippen molar-refractivity contribution in [2.45, 2.75) is 33.1 Å². The zero-order valence-electron chi connectivity index (χ0n) is 16.4. The number of nitrogens with zero attached hydrogens (tertiary/aromatic N) is 3. The van der Waals surface area contributed by atoms with Gasteiger partial charge in [-0.1, -0.05) is 18.5 Å². The number of hydrogen-bond acceptors (Lipinski definition) is 6. The number of carbonyl (C=O) groups excluding carboxylic acids is 1. The minimum atomic E-state index is -0.142. The molecule has 4 heterocycles. The lowest BCUT2D eigenvalue weighted by molar-refractivity contribution is 0.0944. The molecule has 1 amide bonds.